The van der Waals surface area contributed by atoms with Crippen molar-refractivity contribution in [1.82, 2.24) is 10.2 Å². The third-order valence-corrected chi connectivity index (χ3v) is 6.24. The van der Waals surface area contributed by atoms with Gasteiger partial charge >= 0.3 is 5.97 Å². The second kappa shape index (κ2) is 10.2. The van der Waals surface area contributed by atoms with Crippen LogP contribution in [-0.4, -0.2) is 41.7 Å². The average Bonchev–Trinajstić information content (AvgIpc) is 2.76. The normalized spacial score (nSPS) is 14.5. The fourth-order valence-corrected chi connectivity index (χ4v) is 4.59. The fourth-order valence-electron chi connectivity index (χ4n) is 3.94. The van der Waals surface area contributed by atoms with Crippen molar-refractivity contribution in [2.45, 2.75) is 26.3 Å². The van der Waals surface area contributed by atoms with Gasteiger partial charge in [-0.15, -0.1) is 0 Å². The number of hydrogen-bond acceptors (Lipinski definition) is 4. The molecule has 3 rings (SSSR count). The predicted molar refractivity (Wildman–Crippen MR) is 128 cm³/mol. The monoisotopic (exact) mass is 473 g/mol. The van der Waals surface area contributed by atoms with Gasteiger partial charge in [0.2, 0.25) is 0 Å². The molecule has 0 aromatic heterocycles. The zero-order valence-corrected chi connectivity index (χ0v) is 19.4. The Balaban J connectivity index is 1.86. The summed E-state index contributed by atoms with van der Waals surface area (Å²) in [5.41, 5.74) is 4.61. The van der Waals surface area contributed by atoms with Crippen LogP contribution in [0, 0.1) is 11.3 Å². The zero-order chi connectivity index (χ0) is 23.4. The summed E-state index contributed by atoms with van der Waals surface area (Å²) in [6, 6.07) is 9.10. The average molecular weight is 474 g/mol. The van der Waals surface area contributed by atoms with E-state index in [0.717, 1.165) is 16.7 Å². The minimum atomic E-state index is -0.821. The molecule has 0 radical (unpaired) electrons. The molecule has 0 bridgehead atoms. The van der Waals surface area contributed by atoms with Crippen LogP contribution < -0.4 is 5.32 Å². The van der Waals surface area contributed by atoms with Gasteiger partial charge in [0, 0.05) is 38.1 Å². The van der Waals surface area contributed by atoms with Gasteiger partial charge < -0.3 is 20.7 Å². The molecule has 0 spiro atoms. The first kappa shape index (κ1) is 23.8. The van der Waals surface area contributed by atoms with Crippen LogP contribution in [0.5, 0.6) is 0 Å². The van der Waals surface area contributed by atoms with Crippen molar-refractivity contribution in [2.75, 3.05) is 13.6 Å². The van der Waals surface area contributed by atoms with Crippen molar-refractivity contribution in [3.63, 3.8) is 0 Å². The van der Waals surface area contributed by atoms with Gasteiger partial charge in [-0.3, -0.25) is 9.59 Å². The van der Waals surface area contributed by atoms with E-state index in [-0.39, 0.29) is 21.5 Å². The summed E-state index contributed by atoms with van der Waals surface area (Å²) >= 11 is 12.9. The molecule has 6 nitrogen and oxygen atoms in total. The van der Waals surface area contributed by atoms with Gasteiger partial charge in [-0.2, -0.15) is 0 Å². The standard InChI is InChI=1S/C24H25Cl2N3O3/c1-14(24(31)32)8-15-4-3-5-16-13-29(7-6-19(15)16)23(30)22-20(25)9-17(10-21(22)26)18(11-27)12-28-2/h3-5,9-12,14,27-28H,6-8,13H2,1-2H3,(H,31,32)/b18-12+,27-11?/t14-/m0/s1. The van der Waals surface area contributed by atoms with Crippen molar-refractivity contribution < 1.29 is 14.7 Å². The quantitative estimate of drug-likeness (QED) is 0.509. The van der Waals surface area contributed by atoms with Crippen LogP contribution >= 0.6 is 23.2 Å². The molecule has 1 heterocycles. The van der Waals surface area contributed by atoms with Gasteiger partial charge in [0.15, 0.2) is 0 Å². The Morgan fingerprint density at radius 2 is 1.97 bits per heavy atom. The molecule has 0 saturated heterocycles. The number of hydrogen-bond donors (Lipinski definition) is 3. The molecule has 8 heteroatoms. The molecule has 0 unspecified atom stereocenters. The van der Waals surface area contributed by atoms with E-state index in [0.29, 0.717) is 37.1 Å². The number of fused-ring (bicyclic) bond motifs is 1. The van der Waals surface area contributed by atoms with Crippen LogP contribution in [0.1, 0.15) is 39.5 Å². The Bertz CT molecular complexity index is 1070. The van der Waals surface area contributed by atoms with E-state index >= 15 is 0 Å². The topological polar surface area (TPSA) is 93.5 Å². The van der Waals surface area contributed by atoms with E-state index < -0.39 is 11.9 Å². The maximum atomic E-state index is 13.3. The van der Waals surface area contributed by atoms with Crippen molar-refractivity contribution in [3.8, 4) is 0 Å². The lowest BCUT2D eigenvalue weighted by Crippen LogP contribution is -2.36. The molecule has 1 aliphatic heterocycles. The number of carboxylic acid groups (broad SMARTS) is 1. The number of nitrogens with zero attached hydrogens (tertiary/aromatic N) is 1. The van der Waals surface area contributed by atoms with Crippen molar-refractivity contribution >= 4 is 46.9 Å². The summed E-state index contributed by atoms with van der Waals surface area (Å²) < 4.78 is 0. The number of rotatable bonds is 7. The van der Waals surface area contributed by atoms with Crippen LogP contribution in [0.25, 0.3) is 5.57 Å². The minimum Gasteiger partial charge on any atom is -0.481 e. The maximum Gasteiger partial charge on any atom is 0.306 e. The third-order valence-electron chi connectivity index (χ3n) is 5.64. The number of carbonyl (C=O) groups is 2. The first-order chi connectivity index (χ1) is 15.3. The van der Waals surface area contributed by atoms with E-state index in [2.05, 4.69) is 5.32 Å². The molecule has 168 valence electrons. The highest BCUT2D eigenvalue weighted by Crippen LogP contribution is 2.32. The Hall–Kier alpha value is -2.83. The molecule has 3 N–H and O–H groups in total. The Kier molecular flexibility index (Phi) is 7.59. The summed E-state index contributed by atoms with van der Waals surface area (Å²) in [5, 5.41) is 20.1. The number of halogens is 2. The van der Waals surface area contributed by atoms with Crippen LogP contribution in [0.2, 0.25) is 10.0 Å². The molecule has 0 aliphatic carbocycles. The molecule has 1 atom stereocenters. The smallest absolute Gasteiger partial charge is 0.306 e. The first-order valence-electron chi connectivity index (χ1n) is 10.3. The SMILES string of the molecule is CN/C=C(\C=N)c1cc(Cl)c(C(=O)N2CCc3c(C[C@H](C)C(=O)O)cccc3C2)c(Cl)c1. The summed E-state index contributed by atoms with van der Waals surface area (Å²) in [5.74, 6) is -1.55. The number of carbonyl (C=O) groups excluding carboxylic acids is 1. The molecule has 1 amide bonds. The number of benzene rings is 2. The number of amides is 1. The predicted octanol–water partition coefficient (Wildman–Crippen LogP) is 4.66. The van der Waals surface area contributed by atoms with Gasteiger partial charge in [0.05, 0.1) is 21.5 Å². The highest BCUT2D eigenvalue weighted by Gasteiger charge is 2.27. The molecule has 0 fully saturated rings. The minimum absolute atomic E-state index is 0.233. The van der Waals surface area contributed by atoms with E-state index in [1.165, 1.54) is 6.21 Å². The lowest BCUT2D eigenvalue weighted by atomic mass is 9.89. The summed E-state index contributed by atoms with van der Waals surface area (Å²) in [7, 11) is 1.73. The molecular weight excluding hydrogens is 449 g/mol. The molecular formula is C24H25Cl2N3O3. The van der Waals surface area contributed by atoms with Gasteiger partial charge in [-0.1, -0.05) is 48.3 Å². The summed E-state index contributed by atoms with van der Waals surface area (Å²) in [6.07, 6.45) is 3.94. The van der Waals surface area contributed by atoms with Crippen LogP contribution in [0.3, 0.4) is 0 Å². The van der Waals surface area contributed by atoms with Crippen molar-refractivity contribution in [1.29, 1.82) is 5.41 Å². The van der Waals surface area contributed by atoms with E-state index in [4.69, 9.17) is 28.6 Å². The number of allylic oxidation sites excluding steroid dienone is 1. The molecule has 32 heavy (non-hydrogen) atoms. The number of aliphatic carboxylic acids is 1. The van der Waals surface area contributed by atoms with E-state index in [1.54, 1.807) is 37.2 Å². The van der Waals surface area contributed by atoms with Crippen molar-refractivity contribution in [3.05, 3.63) is 74.4 Å². The van der Waals surface area contributed by atoms with Gasteiger partial charge in [-0.05, 0) is 47.2 Å². The zero-order valence-electron chi connectivity index (χ0n) is 17.9. The van der Waals surface area contributed by atoms with Crippen molar-refractivity contribution in [2.24, 2.45) is 5.92 Å². The lowest BCUT2D eigenvalue weighted by Gasteiger charge is -2.31. The van der Waals surface area contributed by atoms with Gasteiger partial charge in [0.1, 0.15) is 0 Å². The highest BCUT2D eigenvalue weighted by atomic mass is 35.5. The van der Waals surface area contributed by atoms with Crippen LogP contribution in [0.15, 0.2) is 36.5 Å². The molecule has 2 aromatic carbocycles. The summed E-state index contributed by atoms with van der Waals surface area (Å²) in [6.45, 7) is 2.59. The van der Waals surface area contributed by atoms with Gasteiger partial charge in [-0.25, -0.2) is 0 Å². The Morgan fingerprint density at radius 3 is 2.56 bits per heavy atom. The second-order valence-corrected chi connectivity index (χ2v) is 8.64. The van der Waals surface area contributed by atoms with E-state index in [9.17, 15) is 14.7 Å². The van der Waals surface area contributed by atoms with Crippen LogP contribution in [0.4, 0.5) is 0 Å². The van der Waals surface area contributed by atoms with Crippen LogP contribution in [-0.2, 0) is 24.2 Å². The maximum absolute atomic E-state index is 13.3. The van der Waals surface area contributed by atoms with E-state index in [1.807, 2.05) is 18.2 Å². The molecule has 0 saturated carbocycles. The Morgan fingerprint density at radius 1 is 1.28 bits per heavy atom. The fraction of sp³-hybridized carbons (Fsp3) is 0.292. The molecule has 1 aliphatic rings. The number of carboxylic acids is 1. The first-order valence-corrected chi connectivity index (χ1v) is 11.0. The third kappa shape index (κ3) is 4.97. The summed E-state index contributed by atoms with van der Waals surface area (Å²) in [4.78, 5) is 26.3. The lowest BCUT2D eigenvalue weighted by molar-refractivity contribution is -0.141. The molecule has 2 aromatic rings. The largest absolute Gasteiger partial charge is 0.481 e. The highest BCUT2D eigenvalue weighted by molar-refractivity contribution is 6.40. The number of nitrogens with one attached hydrogen (secondary N) is 2. The Labute approximate surface area is 197 Å². The second-order valence-electron chi connectivity index (χ2n) is 7.82. The van der Waals surface area contributed by atoms with Gasteiger partial charge in [0.25, 0.3) is 5.91 Å².